The van der Waals surface area contributed by atoms with E-state index in [1.54, 1.807) is 13.1 Å². The smallest absolute Gasteiger partial charge is 0.343 e. The number of nitrogen functional groups attached to an aromatic ring is 1. The van der Waals surface area contributed by atoms with Gasteiger partial charge in [0.25, 0.3) is 0 Å². The molecule has 90 valence electrons. The molecule has 0 aliphatic rings. The maximum atomic E-state index is 11.1. The van der Waals surface area contributed by atoms with E-state index in [1.807, 2.05) is 6.92 Å². The third kappa shape index (κ3) is 2.64. The van der Waals surface area contributed by atoms with E-state index in [2.05, 4.69) is 20.2 Å². The van der Waals surface area contributed by atoms with Crippen molar-refractivity contribution in [2.45, 2.75) is 17.8 Å². The molecule has 0 fully saturated rings. The first-order valence-electron chi connectivity index (χ1n) is 4.90. The van der Waals surface area contributed by atoms with Crippen molar-refractivity contribution >= 4 is 17.6 Å². The average Bonchev–Trinajstić information content (AvgIpc) is 2.56. The Kier molecular flexibility index (Phi) is 3.14. The van der Waals surface area contributed by atoms with E-state index in [0.717, 1.165) is 5.69 Å². The number of nitrogens with two attached hydrogens (primary N) is 1. The molecule has 0 spiro atoms. The zero-order chi connectivity index (χ0) is 12.4. The number of aryl methyl sites for hydroxylation is 1. The molecule has 0 atom stereocenters. The topological polar surface area (TPSA) is 102 Å². The first-order valence-corrected chi connectivity index (χ1v) is 5.89. The average molecular weight is 252 g/mol. The number of H-pyrrole nitrogens is 1. The summed E-state index contributed by atoms with van der Waals surface area (Å²) in [5.41, 5.74) is 6.21. The SMILES string of the molecule is Cc1cc(N)nc(CSc2n[nH]c(=O)n2C)n1. The van der Waals surface area contributed by atoms with Gasteiger partial charge in [0, 0.05) is 18.8 Å². The summed E-state index contributed by atoms with van der Waals surface area (Å²) in [4.78, 5) is 19.5. The van der Waals surface area contributed by atoms with E-state index in [-0.39, 0.29) is 5.69 Å². The Morgan fingerprint density at radius 2 is 2.29 bits per heavy atom. The Labute approximate surface area is 101 Å². The van der Waals surface area contributed by atoms with Crippen molar-refractivity contribution in [2.24, 2.45) is 7.05 Å². The molecule has 2 rings (SSSR count). The van der Waals surface area contributed by atoms with Crippen molar-refractivity contribution in [1.82, 2.24) is 24.7 Å². The molecule has 0 bridgehead atoms. The lowest BCUT2D eigenvalue weighted by molar-refractivity contribution is 0.765. The Balaban J connectivity index is 2.12. The predicted molar refractivity (Wildman–Crippen MR) is 64.6 cm³/mol. The molecule has 0 saturated heterocycles. The molecule has 3 N–H and O–H groups in total. The number of nitrogens with zero attached hydrogens (tertiary/aromatic N) is 4. The van der Waals surface area contributed by atoms with Crippen LogP contribution in [0, 0.1) is 6.92 Å². The van der Waals surface area contributed by atoms with Crippen LogP contribution in [0.2, 0.25) is 0 Å². The van der Waals surface area contributed by atoms with Crippen LogP contribution in [-0.2, 0) is 12.8 Å². The standard InChI is InChI=1S/C9H12N6OS/c1-5-3-6(10)12-7(11-5)4-17-9-14-13-8(16)15(9)2/h3H,4H2,1-2H3,(H,13,16)(H2,10,11,12). The lowest BCUT2D eigenvalue weighted by Crippen LogP contribution is -2.13. The van der Waals surface area contributed by atoms with E-state index in [4.69, 9.17) is 5.73 Å². The minimum atomic E-state index is -0.239. The molecule has 17 heavy (non-hydrogen) atoms. The minimum absolute atomic E-state index is 0.239. The van der Waals surface area contributed by atoms with Crippen LogP contribution in [0.25, 0.3) is 0 Å². The second-order valence-corrected chi connectivity index (χ2v) is 4.45. The summed E-state index contributed by atoms with van der Waals surface area (Å²) in [6.45, 7) is 1.86. The van der Waals surface area contributed by atoms with Crippen molar-refractivity contribution in [3.63, 3.8) is 0 Å². The van der Waals surface area contributed by atoms with Gasteiger partial charge in [-0.25, -0.2) is 19.9 Å². The fraction of sp³-hybridized carbons (Fsp3) is 0.333. The second-order valence-electron chi connectivity index (χ2n) is 3.51. The molecule has 7 nitrogen and oxygen atoms in total. The summed E-state index contributed by atoms with van der Waals surface area (Å²) in [5.74, 6) is 1.59. The first kappa shape index (κ1) is 11.6. The van der Waals surface area contributed by atoms with Crippen molar-refractivity contribution in [3.05, 3.63) is 28.1 Å². The van der Waals surface area contributed by atoms with Crippen molar-refractivity contribution in [2.75, 3.05) is 5.73 Å². The predicted octanol–water partition coefficient (Wildman–Crippen LogP) is 0.0813. The third-order valence-electron chi connectivity index (χ3n) is 2.09. The van der Waals surface area contributed by atoms with Crippen molar-refractivity contribution in [1.29, 1.82) is 0 Å². The zero-order valence-corrected chi connectivity index (χ0v) is 10.3. The summed E-state index contributed by atoms with van der Waals surface area (Å²) in [6, 6.07) is 1.71. The number of rotatable bonds is 3. The maximum Gasteiger partial charge on any atom is 0.343 e. The fourth-order valence-electron chi connectivity index (χ4n) is 1.31. The normalized spacial score (nSPS) is 10.7. The number of hydrogen-bond donors (Lipinski definition) is 2. The van der Waals surface area contributed by atoms with E-state index < -0.39 is 0 Å². The lowest BCUT2D eigenvalue weighted by Gasteiger charge is -2.02. The second kappa shape index (κ2) is 4.58. The Bertz CT molecular complexity index is 569. The highest BCUT2D eigenvalue weighted by molar-refractivity contribution is 7.98. The largest absolute Gasteiger partial charge is 0.384 e. The lowest BCUT2D eigenvalue weighted by atomic mass is 10.4. The number of hydrogen-bond acceptors (Lipinski definition) is 6. The molecule has 2 aromatic rings. The van der Waals surface area contributed by atoms with Crippen LogP contribution < -0.4 is 11.4 Å². The van der Waals surface area contributed by atoms with Gasteiger partial charge in [-0.05, 0) is 6.92 Å². The molecule has 0 amide bonds. The van der Waals surface area contributed by atoms with E-state index in [9.17, 15) is 4.79 Å². The first-order chi connectivity index (χ1) is 8.06. The minimum Gasteiger partial charge on any atom is -0.384 e. The van der Waals surface area contributed by atoms with Gasteiger partial charge in [0.05, 0.1) is 5.75 Å². The number of aromatic nitrogens is 5. The van der Waals surface area contributed by atoms with Crippen molar-refractivity contribution in [3.8, 4) is 0 Å². The zero-order valence-electron chi connectivity index (χ0n) is 9.47. The number of aromatic amines is 1. The van der Waals surface area contributed by atoms with Gasteiger partial charge in [-0.3, -0.25) is 4.57 Å². The number of thioether (sulfide) groups is 1. The number of anilines is 1. The van der Waals surface area contributed by atoms with Crippen LogP contribution in [0.4, 0.5) is 5.82 Å². The Hall–Kier alpha value is -1.83. The molecule has 0 saturated carbocycles. The van der Waals surface area contributed by atoms with Crippen LogP contribution in [0.1, 0.15) is 11.5 Å². The molecule has 0 aliphatic carbocycles. The Morgan fingerprint density at radius 3 is 2.88 bits per heavy atom. The molecule has 8 heteroatoms. The van der Waals surface area contributed by atoms with Gasteiger partial charge in [-0.2, -0.15) is 0 Å². The maximum absolute atomic E-state index is 11.1. The molecular weight excluding hydrogens is 240 g/mol. The van der Waals surface area contributed by atoms with Crippen molar-refractivity contribution < 1.29 is 0 Å². The van der Waals surface area contributed by atoms with Crippen LogP contribution in [0.3, 0.4) is 0 Å². The van der Waals surface area contributed by atoms with Crippen LogP contribution in [0.5, 0.6) is 0 Å². The molecule has 0 aromatic carbocycles. The van der Waals surface area contributed by atoms with Gasteiger partial charge < -0.3 is 5.73 Å². The number of nitrogens with one attached hydrogen (secondary N) is 1. The Morgan fingerprint density at radius 1 is 1.53 bits per heavy atom. The van der Waals surface area contributed by atoms with Gasteiger partial charge in [0.15, 0.2) is 5.16 Å². The van der Waals surface area contributed by atoms with E-state index in [1.165, 1.54) is 16.3 Å². The highest BCUT2D eigenvalue weighted by atomic mass is 32.2. The van der Waals surface area contributed by atoms with Crippen LogP contribution in [-0.4, -0.2) is 24.7 Å². The van der Waals surface area contributed by atoms with Gasteiger partial charge in [-0.15, -0.1) is 5.10 Å². The van der Waals surface area contributed by atoms with E-state index in [0.29, 0.717) is 22.6 Å². The monoisotopic (exact) mass is 252 g/mol. The summed E-state index contributed by atoms with van der Waals surface area (Å²) in [6.07, 6.45) is 0. The molecule has 0 unspecified atom stereocenters. The molecule has 2 aromatic heterocycles. The van der Waals surface area contributed by atoms with Gasteiger partial charge in [0.1, 0.15) is 11.6 Å². The molecule has 0 aliphatic heterocycles. The summed E-state index contributed by atoms with van der Waals surface area (Å²) < 4.78 is 1.43. The van der Waals surface area contributed by atoms with Gasteiger partial charge >= 0.3 is 5.69 Å². The van der Waals surface area contributed by atoms with Crippen LogP contribution >= 0.6 is 11.8 Å². The van der Waals surface area contributed by atoms with Crippen LogP contribution in [0.15, 0.2) is 16.0 Å². The summed E-state index contributed by atoms with van der Waals surface area (Å²) in [7, 11) is 1.65. The van der Waals surface area contributed by atoms with Gasteiger partial charge in [-0.1, -0.05) is 11.8 Å². The highest BCUT2D eigenvalue weighted by Gasteiger charge is 2.07. The van der Waals surface area contributed by atoms with E-state index >= 15 is 0 Å². The molecular formula is C9H12N6OS. The summed E-state index contributed by atoms with van der Waals surface area (Å²) >= 11 is 1.38. The third-order valence-corrected chi connectivity index (χ3v) is 3.12. The molecule has 0 radical (unpaired) electrons. The molecule has 2 heterocycles. The summed E-state index contributed by atoms with van der Waals surface area (Å²) in [5, 5.41) is 6.84. The van der Waals surface area contributed by atoms with Gasteiger partial charge in [0.2, 0.25) is 0 Å². The quantitative estimate of drug-likeness (QED) is 0.750. The fourth-order valence-corrected chi connectivity index (χ4v) is 2.09. The highest BCUT2D eigenvalue weighted by Crippen LogP contribution is 2.17.